The molecule has 24 heavy (non-hydrogen) atoms. The van der Waals surface area contributed by atoms with Crippen LogP contribution in [-0.4, -0.2) is 18.2 Å². The summed E-state index contributed by atoms with van der Waals surface area (Å²) in [5.41, 5.74) is 5.98. The predicted molar refractivity (Wildman–Crippen MR) is 101 cm³/mol. The minimum Gasteiger partial charge on any atom is -0.494 e. The maximum atomic E-state index is 12.2. The first-order chi connectivity index (χ1) is 11.5. The largest absolute Gasteiger partial charge is 0.494 e. The average molecular weight is 389 g/mol. The summed E-state index contributed by atoms with van der Waals surface area (Å²) in [4.78, 5) is 12.2. The van der Waals surface area contributed by atoms with Crippen LogP contribution in [0.15, 0.2) is 52.0 Å². The van der Waals surface area contributed by atoms with Gasteiger partial charge in [0, 0.05) is 10.0 Å². The number of ether oxygens (including phenoxy) is 1. The molecule has 4 nitrogen and oxygen atoms in total. The molecule has 0 spiro atoms. The van der Waals surface area contributed by atoms with Crippen molar-refractivity contribution in [1.29, 1.82) is 0 Å². The highest BCUT2D eigenvalue weighted by molar-refractivity contribution is 9.10. The summed E-state index contributed by atoms with van der Waals surface area (Å²) < 4.78 is 6.55. The zero-order valence-corrected chi connectivity index (χ0v) is 15.7. The fourth-order valence-electron chi connectivity index (χ4n) is 2.06. The molecule has 0 aromatic heterocycles. The monoisotopic (exact) mass is 388 g/mol. The van der Waals surface area contributed by atoms with Gasteiger partial charge in [-0.05, 0) is 67.8 Å². The maximum absolute atomic E-state index is 12.2. The van der Waals surface area contributed by atoms with Gasteiger partial charge in [-0.1, -0.05) is 28.9 Å². The molecule has 0 fully saturated rings. The fourth-order valence-corrected chi connectivity index (χ4v) is 2.30. The Bertz CT molecular complexity index is 740. The number of hydrogen-bond donors (Lipinski definition) is 1. The van der Waals surface area contributed by atoms with E-state index < -0.39 is 0 Å². The van der Waals surface area contributed by atoms with Crippen molar-refractivity contribution in [3.8, 4) is 5.75 Å². The molecule has 5 heteroatoms. The van der Waals surface area contributed by atoms with Crippen molar-refractivity contribution in [3.63, 3.8) is 0 Å². The van der Waals surface area contributed by atoms with Gasteiger partial charge < -0.3 is 4.74 Å². The van der Waals surface area contributed by atoms with Gasteiger partial charge in [0.25, 0.3) is 5.91 Å². The third-order valence-corrected chi connectivity index (χ3v) is 4.38. The van der Waals surface area contributed by atoms with Crippen LogP contribution in [0.5, 0.6) is 5.75 Å². The number of carbonyl (C=O) groups excluding carboxylic acids is 1. The highest BCUT2D eigenvalue weighted by Crippen LogP contribution is 2.17. The second-order valence-corrected chi connectivity index (χ2v) is 6.33. The minimum absolute atomic E-state index is 0.245. The summed E-state index contributed by atoms with van der Waals surface area (Å²) >= 11 is 3.47. The zero-order valence-electron chi connectivity index (χ0n) is 14.1. The molecule has 1 amide bonds. The van der Waals surface area contributed by atoms with Crippen molar-refractivity contribution in [1.82, 2.24) is 5.43 Å². The third-order valence-electron chi connectivity index (χ3n) is 3.49. The maximum Gasteiger partial charge on any atom is 0.271 e. The van der Waals surface area contributed by atoms with Crippen LogP contribution in [-0.2, 0) is 0 Å². The van der Waals surface area contributed by atoms with Crippen LogP contribution in [0.1, 0.15) is 41.8 Å². The SMILES string of the molecule is CCCOc1ccc(C(=O)N/N=C(\C)c2ccc(Br)c(C)c2)cc1. The number of benzene rings is 2. The molecule has 2 aromatic carbocycles. The van der Waals surface area contributed by atoms with Crippen LogP contribution in [0.2, 0.25) is 0 Å². The van der Waals surface area contributed by atoms with Crippen molar-refractivity contribution in [2.24, 2.45) is 5.10 Å². The Balaban J connectivity index is 2.01. The van der Waals surface area contributed by atoms with E-state index in [0.29, 0.717) is 12.2 Å². The molecular weight excluding hydrogens is 368 g/mol. The second-order valence-electron chi connectivity index (χ2n) is 5.47. The van der Waals surface area contributed by atoms with Crippen molar-refractivity contribution in [2.45, 2.75) is 27.2 Å². The van der Waals surface area contributed by atoms with E-state index >= 15 is 0 Å². The quantitative estimate of drug-likeness (QED) is 0.575. The number of rotatable bonds is 6. The molecule has 2 rings (SSSR count). The molecule has 0 aliphatic rings. The molecule has 126 valence electrons. The van der Waals surface area contributed by atoms with Gasteiger partial charge in [-0.25, -0.2) is 5.43 Å². The van der Waals surface area contributed by atoms with Crippen molar-refractivity contribution in [2.75, 3.05) is 6.61 Å². The third kappa shape index (κ3) is 4.93. The normalized spacial score (nSPS) is 11.2. The van der Waals surface area contributed by atoms with Crippen molar-refractivity contribution in [3.05, 3.63) is 63.6 Å². The van der Waals surface area contributed by atoms with Gasteiger partial charge in [0.15, 0.2) is 0 Å². The molecule has 0 saturated heterocycles. The van der Waals surface area contributed by atoms with Gasteiger partial charge in [-0.2, -0.15) is 5.10 Å². The molecule has 0 heterocycles. The van der Waals surface area contributed by atoms with Gasteiger partial charge in [-0.15, -0.1) is 0 Å². The van der Waals surface area contributed by atoms with E-state index in [-0.39, 0.29) is 5.91 Å². The molecular formula is C19H21BrN2O2. The van der Waals surface area contributed by atoms with Crippen LogP contribution < -0.4 is 10.2 Å². The predicted octanol–water partition coefficient (Wildman–Crippen LogP) is 4.70. The van der Waals surface area contributed by atoms with E-state index in [4.69, 9.17) is 4.74 Å². The smallest absolute Gasteiger partial charge is 0.271 e. The summed E-state index contributed by atoms with van der Waals surface area (Å²) in [6.45, 7) is 6.60. The highest BCUT2D eigenvalue weighted by atomic mass is 79.9. The summed E-state index contributed by atoms with van der Waals surface area (Å²) in [6, 6.07) is 13.0. The summed E-state index contributed by atoms with van der Waals surface area (Å²) in [6.07, 6.45) is 0.950. The number of halogens is 1. The lowest BCUT2D eigenvalue weighted by molar-refractivity contribution is 0.0955. The summed E-state index contributed by atoms with van der Waals surface area (Å²) in [5.74, 6) is 0.517. The van der Waals surface area contributed by atoms with E-state index in [1.807, 2.05) is 32.0 Å². The molecule has 0 aliphatic carbocycles. The summed E-state index contributed by atoms with van der Waals surface area (Å²) in [7, 11) is 0. The van der Waals surface area contributed by atoms with Crippen LogP contribution in [0.3, 0.4) is 0 Å². The Morgan fingerprint density at radius 3 is 2.46 bits per heavy atom. The van der Waals surface area contributed by atoms with Crippen LogP contribution >= 0.6 is 15.9 Å². The zero-order chi connectivity index (χ0) is 17.5. The Hall–Kier alpha value is -2.14. The molecule has 1 N–H and O–H groups in total. The van der Waals surface area contributed by atoms with Gasteiger partial charge in [0.2, 0.25) is 0 Å². The van der Waals surface area contributed by atoms with E-state index in [9.17, 15) is 4.79 Å². The van der Waals surface area contributed by atoms with E-state index in [0.717, 1.165) is 33.5 Å². The number of nitrogens with one attached hydrogen (secondary N) is 1. The van der Waals surface area contributed by atoms with Crippen LogP contribution in [0.4, 0.5) is 0 Å². The van der Waals surface area contributed by atoms with Crippen molar-refractivity contribution >= 4 is 27.5 Å². The molecule has 0 radical (unpaired) electrons. The molecule has 0 saturated carbocycles. The van der Waals surface area contributed by atoms with Gasteiger partial charge in [0.1, 0.15) is 5.75 Å². The first-order valence-electron chi connectivity index (χ1n) is 7.85. The Labute approximate surface area is 151 Å². The Morgan fingerprint density at radius 2 is 1.83 bits per heavy atom. The van der Waals surface area contributed by atoms with E-state index in [2.05, 4.69) is 33.4 Å². The standard InChI is InChI=1S/C19H21BrN2O2/c1-4-11-24-17-8-5-15(6-9-17)19(23)22-21-14(3)16-7-10-18(20)13(2)12-16/h5-10,12H,4,11H2,1-3H3,(H,22,23)/b21-14+. The molecule has 0 aliphatic heterocycles. The fraction of sp³-hybridized carbons (Fsp3) is 0.263. The Morgan fingerprint density at radius 1 is 1.17 bits per heavy atom. The van der Waals surface area contributed by atoms with Gasteiger partial charge in [-0.3, -0.25) is 4.79 Å². The Kier molecular flexibility index (Phi) is 6.55. The highest BCUT2D eigenvalue weighted by Gasteiger charge is 2.06. The molecule has 0 atom stereocenters. The van der Waals surface area contributed by atoms with Crippen LogP contribution in [0.25, 0.3) is 0 Å². The topological polar surface area (TPSA) is 50.7 Å². The number of carbonyl (C=O) groups is 1. The number of aryl methyl sites for hydroxylation is 1. The number of nitrogens with zero attached hydrogens (tertiary/aromatic N) is 1. The second kappa shape index (κ2) is 8.64. The number of hydrazone groups is 1. The average Bonchev–Trinajstić information content (AvgIpc) is 2.60. The van der Waals surface area contributed by atoms with Crippen molar-refractivity contribution < 1.29 is 9.53 Å². The van der Waals surface area contributed by atoms with Gasteiger partial charge in [0.05, 0.1) is 12.3 Å². The van der Waals surface area contributed by atoms with E-state index in [1.165, 1.54) is 0 Å². The number of amides is 1. The first kappa shape index (κ1) is 18.2. The summed E-state index contributed by atoms with van der Waals surface area (Å²) in [5, 5.41) is 4.18. The molecule has 0 unspecified atom stereocenters. The minimum atomic E-state index is -0.245. The molecule has 2 aromatic rings. The van der Waals surface area contributed by atoms with Gasteiger partial charge >= 0.3 is 0 Å². The lowest BCUT2D eigenvalue weighted by Gasteiger charge is -2.07. The lowest BCUT2D eigenvalue weighted by atomic mass is 10.1. The first-order valence-corrected chi connectivity index (χ1v) is 8.64. The van der Waals surface area contributed by atoms with E-state index in [1.54, 1.807) is 24.3 Å². The lowest BCUT2D eigenvalue weighted by Crippen LogP contribution is -2.19. The van der Waals surface area contributed by atoms with Crippen LogP contribution in [0, 0.1) is 6.92 Å². The molecule has 0 bridgehead atoms. The number of hydrogen-bond acceptors (Lipinski definition) is 3.